The highest BCUT2D eigenvalue weighted by molar-refractivity contribution is 5.68. The molecule has 6 heteroatoms. The monoisotopic (exact) mass is 242 g/mol. The van der Waals surface area contributed by atoms with E-state index in [2.05, 4.69) is 21.5 Å². The summed E-state index contributed by atoms with van der Waals surface area (Å²) in [6.45, 7) is 0.670. The maximum Gasteiger partial charge on any atom is 0.152 e. The van der Waals surface area contributed by atoms with Gasteiger partial charge in [0.2, 0.25) is 0 Å². The van der Waals surface area contributed by atoms with Crippen molar-refractivity contribution in [3.63, 3.8) is 0 Å². The van der Waals surface area contributed by atoms with Crippen LogP contribution in [0.5, 0.6) is 0 Å². The predicted octanol–water partition coefficient (Wildman–Crippen LogP) is 0.924. The highest BCUT2D eigenvalue weighted by Crippen LogP contribution is 2.19. The number of benzene rings is 1. The van der Waals surface area contributed by atoms with Gasteiger partial charge in [-0.1, -0.05) is 0 Å². The van der Waals surface area contributed by atoms with Gasteiger partial charge >= 0.3 is 0 Å². The molecule has 1 aromatic carbocycles. The Bertz CT molecular complexity index is 580. The van der Waals surface area contributed by atoms with Crippen molar-refractivity contribution in [1.82, 2.24) is 14.8 Å². The van der Waals surface area contributed by atoms with Gasteiger partial charge < -0.3 is 11.1 Å². The number of nitrogens with one attached hydrogen (secondary N) is 1. The van der Waals surface area contributed by atoms with Gasteiger partial charge in [0.05, 0.1) is 23.0 Å². The summed E-state index contributed by atoms with van der Waals surface area (Å²) in [6, 6.07) is 7.24. The van der Waals surface area contributed by atoms with Crippen molar-refractivity contribution in [2.45, 2.75) is 6.42 Å². The van der Waals surface area contributed by atoms with Crippen LogP contribution in [0.2, 0.25) is 0 Å². The Balaban J connectivity index is 1.96. The molecule has 6 nitrogen and oxygen atoms in total. The smallest absolute Gasteiger partial charge is 0.152 e. The van der Waals surface area contributed by atoms with Crippen LogP contribution in [-0.4, -0.2) is 21.3 Å². The van der Waals surface area contributed by atoms with Crippen LogP contribution in [0.4, 0.5) is 11.4 Å². The van der Waals surface area contributed by atoms with Gasteiger partial charge in [-0.3, -0.25) is 4.68 Å². The molecule has 92 valence electrons. The fourth-order valence-corrected chi connectivity index (χ4v) is 1.59. The van der Waals surface area contributed by atoms with Gasteiger partial charge in [0.1, 0.15) is 6.33 Å². The Morgan fingerprint density at radius 3 is 3.00 bits per heavy atom. The lowest BCUT2D eigenvalue weighted by molar-refractivity contribution is 0.742. The van der Waals surface area contributed by atoms with E-state index in [4.69, 9.17) is 11.0 Å². The molecule has 3 N–H and O–H groups in total. The van der Waals surface area contributed by atoms with Gasteiger partial charge in [0.25, 0.3) is 0 Å². The van der Waals surface area contributed by atoms with Gasteiger partial charge in [-0.2, -0.15) is 10.4 Å². The van der Waals surface area contributed by atoms with E-state index in [0.29, 0.717) is 24.2 Å². The third-order valence-corrected chi connectivity index (χ3v) is 2.49. The number of aryl methyl sites for hydroxylation is 1. The van der Waals surface area contributed by atoms with Crippen LogP contribution < -0.4 is 11.1 Å². The van der Waals surface area contributed by atoms with Gasteiger partial charge in [0, 0.05) is 20.0 Å². The number of nitrogens with zero attached hydrogens (tertiary/aromatic N) is 4. The zero-order chi connectivity index (χ0) is 13.0. The Morgan fingerprint density at radius 2 is 2.33 bits per heavy atom. The standard InChI is InChI=1S/C12H14N6/c1-18-8-16-12(17-18)4-5-15-11-6-9(7-13)2-3-10(11)14/h2-3,6,8,15H,4-5,14H2,1H3. The van der Waals surface area contributed by atoms with Crippen molar-refractivity contribution < 1.29 is 0 Å². The number of nitrogen functional groups attached to an aromatic ring is 1. The molecule has 2 aromatic rings. The number of nitriles is 1. The molecule has 0 amide bonds. The summed E-state index contributed by atoms with van der Waals surface area (Å²) < 4.78 is 1.67. The summed E-state index contributed by atoms with van der Waals surface area (Å²) in [6.07, 6.45) is 2.37. The zero-order valence-corrected chi connectivity index (χ0v) is 10.1. The second-order valence-electron chi connectivity index (χ2n) is 3.93. The maximum atomic E-state index is 8.82. The van der Waals surface area contributed by atoms with E-state index >= 15 is 0 Å². The van der Waals surface area contributed by atoms with Crippen LogP contribution in [0.15, 0.2) is 24.5 Å². The zero-order valence-electron chi connectivity index (χ0n) is 10.1. The lowest BCUT2D eigenvalue weighted by atomic mass is 10.2. The molecule has 0 atom stereocenters. The Hall–Kier alpha value is -2.55. The maximum absolute atomic E-state index is 8.82. The lowest BCUT2D eigenvalue weighted by Gasteiger charge is -2.08. The molecule has 0 aliphatic carbocycles. The predicted molar refractivity (Wildman–Crippen MR) is 68.8 cm³/mol. The summed E-state index contributed by atoms with van der Waals surface area (Å²) in [7, 11) is 1.83. The van der Waals surface area contributed by atoms with Crippen LogP contribution in [0.3, 0.4) is 0 Å². The summed E-state index contributed by atoms with van der Waals surface area (Å²) in [5.41, 5.74) is 7.80. The average Bonchev–Trinajstić information content (AvgIpc) is 2.77. The lowest BCUT2D eigenvalue weighted by Crippen LogP contribution is -2.08. The molecule has 0 spiro atoms. The number of hydrogen-bond acceptors (Lipinski definition) is 5. The van der Waals surface area contributed by atoms with Gasteiger partial charge in [-0.25, -0.2) is 4.98 Å². The number of anilines is 2. The van der Waals surface area contributed by atoms with Crippen LogP contribution in [-0.2, 0) is 13.5 Å². The Labute approximate surface area is 105 Å². The van der Waals surface area contributed by atoms with Crippen molar-refractivity contribution in [3.05, 3.63) is 35.9 Å². The fourth-order valence-electron chi connectivity index (χ4n) is 1.59. The van der Waals surface area contributed by atoms with Gasteiger partial charge in [-0.15, -0.1) is 0 Å². The minimum atomic E-state index is 0.586. The van der Waals surface area contributed by atoms with Crippen molar-refractivity contribution in [2.24, 2.45) is 7.05 Å². The molecular weight excluding hydrogens is 228 g/mol. The summed E-state index contributed by atoms with van der Waals surface area (Å²) in [4.78, 5) is 4.13. The Kier molecular flexibility index (Phi) is 3.44. The first-order valence-electron chi connectivity index (χ1n) is 5.57. The van der Waals surface area contributed by atoms with Gasteiger partial charge in [0.15, 0.2) is 5.82 Å². The van der Waals surface area contributed by atoms with Crippen molar-refractivity contribution in [1.29, 1.82) is 5.26 Å². The Morgan fingerprint density at radius 1 is 1.50 bits per heavy atom. The minimum absolute atomic E-state index is 0.586. The van der Waals surface area contributed by atoms with Crippen LogP contribution in [0.1, 0.15) is 11.4 Å². The number of hydrogen-bond donors (Lipinski definition) is 2. The molecule has 1 heterocycles. The van der Waals surface area contributed by atoms with Crippen molar-refractivity contribution >= 4 is 11.4 Å². The molecule has 0 fully saturated rings. The molecule has 1 aromatic heterocycles. The highest BCUT2D eigenvalue weighted by Gasteiger charge is 2.02. The molecule has 0 radical (unpaired) electrons. The molecular formula is C12H14N6. The number of nitrogens with two attached hydrogens (primary N) is 1. The van der Waals surface area contributed by atoms with Crippen LogP contribution in [0, 0.1) is 11.3 Å². The van der Waals surface area contributed by atoms with E-state index in [1.165, 1.54) is 0 Å². The second-order valence-corrected chi connectivity index (χ2v) is 3.93. The largest absolute Gasteiger partial charge is 0.397 e. The van der Waals surface area contributed by atoms with E-state index in [1.807, 2.05) is 7.05 Å². The topological polar surface area (TPSA) is 92.5 Å². The minimum Gasteiger partial charge on any atom is -0.397 e. The highest BCUT2D eigenvalue weighted by atomic mass is 15.3. The van der Waals surface area contributed by atoms with E-state index in [1.54, 1.807) is 29.2 Å². The summed E-state index contributed by atoms with van der Waals surface area (Å²) in [5, 5.41) is 16.2. The quantitative estimate of drug-likeness (QED) is 0.778. The normalized spacial score (nSPS) is 10.0. The van der Waals surface area contributed by atoms with Crippen LogP contribution in [0.25, 0.3) is 0 Å². The molecule has 0 aliphatic heterocycles. The second kappa shape index (κ2) is 5.19. The molecule has 0 saturated carbocycles. The molecule has 18 heavy (non-hydrogen) atoms. The molecule has 0 unspecified atom stereocenters. The molecule has 2 rings (SSSR count). The third kappa shape index (κ3) is 2.77. The average molecular weight is 242 g/mol. The van der Waals surface area contributed by atoms with Gasteiger partial charge in [-0.05, 0) is 18.2 Å². The van der Waals surface area contributed by atoms with E-state index in [-0.39, 0.29) is 0 Å². The first-order chi connectivity index (χ1) is 8.69. The van der Waals surface area contributed by atoms with E-state index in [9.17, 15) is 0 Å². The van der Waals surface area contributed by atoms with Crippen molar-refractivity contribution in [2.75, 3.05) is 17.6 Å². The van der Waals surface area contributed by atoms with E-state index in [0.717, 1.165) is 11.5 Å². The number of aromatic nitrogens is 3. The first-order valence-corrected chi connectivity index (χ1v) is 5.57. The fraction of sp³-hybridized carbons (Fsp3) is 0.250. The molecule has 0 saturated heterocycles. The van der Waals surface area contributed by atoms with Crippen molar-refractivity contribution in [3.8, 4) is 6.07 Å². The third-order valence-electron chi connectivity index (χ3n) is 2.49. The summed E-state index contributed by atoms with van der Waals surface area (Å²) >= 11 is 0. The van der Waals surface area contributed by atoms with E-state index < -0.39 is 0 Å². The van der Waals surface area contributed by atoms with Crippen LogP contribution >= 0.6 is 0 Å². The first kappa shape index (κ1) is 11.9. The number of rotatable bonds is 4. The SMILES string of the molecule is Cn1cnc(CCNc2cc(C#N)ccc2N)n1. The molecule has 0 bridgehead atoms. The molecule has 0 aliphatic rings. The summed E-state index contributed by atoms with van der Waals surface area (Å²) in [5.74, 6) is 0.778.